The summed E-state index contributed by atoms with van der Waals surface area (Å²) in [7, 11) is 0. The van der Waals surface area contributed by atoms with Gasteiger partial charge in [-0.25, -0.2) is 0 Å². The first-order chi connectivity index (χ1) is 11.7. The van der Waals surface area contributed by atoms with Gasteiger partial charge in [-0.3, -0.25) is 9.69 Å². The molecule has 0 unspecified atom stereocenters. The molecule has 130 valence electrons. The molecule has 1 amide bonds. The summed E-state index contributed by atoms with van der Waals surface area (Å²) in [6, 6.07) is 11.1. The van der Waals surface area contributed by atoms with Gasteiger partial charge in [-0.1, -0.05) is 36.4 Å². The van der Waals surface area contributed by atoms with Crippen molar-refractivity contribution in [1.82, 2.24) is 9.80 Å². The average Bonchev–Trinajstić information content (AvgIpc) is 2.63. The van der Waals surface area contributed by atoms with Gasteiger partial charge in [0.1, 0.15) is 0 Å². The minimum absolute atomic E-state index is 0.238. The molecule has 3 heteroatoms. The van der Waals surface area contributed by atoms with Crippen LogP contribution >= 0.6 is 0 Å². The second-order valence-electron chi connectivity index (χ2n) is 7.16. The first-order valence-electron chi connectivity index (χ1n) is 9.46. The van der Waals surface area contributed by atoms with Crippen LogP contribution in [-0.4, -0.2) is 47.9 Å². The molecule has 0 radical (unpaired) electrons. The van der Waals surface area contributed by atoms with Crippen molar-refractivity contribution in [3.05, 3.63) is 47.5 Å². The van der Waals surface area contributed by atoms with Gasteiger partial charge in [-0.2, -0.15) is 0 Å². The maximum atomic E-state index is 11.9. The normalized spacial score (nSPS) is 22.3. The SMILES string of the molecule is CC(=O)N1CCCC[C@@H]1C1=CCCN(CCCc2ccccc2)C1. The molecule has 0 N–H and O–H groups in total. The van der Waals surface area contributed by atoms with Crippen LogP contribution in [0.25, 0.3) is 0 Å². The molecule has 2 aliphatic heterocycles. The van der Waals surface area contributed by atoms with Gasteiger partial charge in [0.2, 0.25) is 5.91 Å². The van der Waals surface area contributed by atoms with Gasteiger partial charge in [0.25, 0.3) is 0 Å². The van der Waals surface area contributed by atoms with Gasteiger partial charge < -0.3 is 4.90 Å². The van der Waals surface area contributed by atoms with Gasteiger partial charge in [-0.05, 0) is 56.2 Å². The minimum atomic E-state index is 0.238. The number of likely N-dealkylation sites (tertiary alicyclic amines) is 1. The fourth-order valence-electron chi connectivity index (χ4n) is 4.11. The molecule has 0 saturated carbocycles. The Morgan fingerprint density at radius 2 is 2.00 bits per heavy atom. The molecule has 1 aromatic carbocycles. The highest BCUT2D eigenvalue weighted by Gasteiger charge is 2.29. The summed E-state index contributed by atoms with van der Waals surface area (Å²) in [5.74, 6) is 0.238. The largest absolute Gasteiger partial charge is 0.336 e. The van der Waals surface area contributed by atoms with E-state index >= 15 is 0 Å². The van der Waals surface area contributed by atoms with Crippen molar-refractivity contribution in [3.8, 4) is 0 Å². The molecule has 1 atom stereocenters. The van der Waals surface area contributed by atoms with E-state index < -0.39 is 0 Å². The van der Waals surface area contributed by atoms with Crippen molar-refractivity contribution in [2.75, 3.05) is 26.2 Å². The lowest BCUT2D eigenvalue weighted by molar-refractivity contribution is -0.131. The number of amides is 1. The Labute approximate surface area is 146 Å². The molecule has 3 nitrogen and oxygen atoms in total. The summed E-state index contributed by atoms with van der Waals surface area (Å²) in [6.45, 7) is 6.01. The van der Waals surface area contributed by atoms with Crippen LogP contribution in [0.3, 0.4) is 0 Å². The van der Waals surface area contributed by atoms with Gasteiger partial charge in [0.15, 0.2) is 0 Å². The smallest absolute Gasteiger partial charge is 0.219 e. The molecule has 2 aliphatic rings. The third kappa shape index (κ3) is 4.47. The number of benzene rings is 1. The lowest BCUT2D eigenvalue weighted by Crippen LogP contribution is -2.46. The van der Waals surface area contributed by atoms with Crippen molar-refractivity contribution in [3.63, 3.8) is 0 Å². The molecule has 1 aromatic rings. The van der Waals surface area contributed by atoms with E-state index in [9.17, 15) is 4.79 Å². The molecule has 0 aromatic heterocycles. The zero-order chi connectivity index (χ0) is 16.8. The van der Waals surface area contributed by atoms with Crippen LogP contribution < -0.4 is 0 Å². The Bertz CT molecular complexity index is 566. The number of piperidine rings is 1. The first-order valence-corrected chi connectivity index (χ1v) is 9.46. The van der Waals surface area contributed by atoms with E-state index in [1.165, 1.54) is 24.0 Å². The summed E-state index contributed by atoms with van der Waals surface area (Å²) < 4.78 is 0. The van der Waals surface area contributed by atoms with E-state index in [0.29, 0.717) is 6.04 Å². The standard InChI is InChI=1S/C21H30N2O/c1-18(24)23-16-6-5-13-21(23)20-12-8-15-22(17-20)14-7-11-19-9-3-2-4-10-19/h2-4,9-10,12,21H,5-8,11,13-17H2,1H3/t21-/m1/s1. The topological polar surface area (TPSA) is 23.6 Å². The molecule has 0 spiro atoms. The summed E-state index contributed by atoms with van der Waals surface area (Å²) in [6.07, 6.45) is 9.44. The third-order valence-electron chi connectivity index (χ3n) is 5.38. The molecule has 2 heterocycles. The average molecular weight is 326 g/mol. The summed E-state index contributed by atoms with van der Waals surface area (Å²) in [5.41, 5.74) is 2.91. The third-order valence-corrected chi connectivity index (χ3v) is 5.38. The Balaban J connectivity index is 1.52. The summed E-state index contributed by atoms with van der Waals surface area (Å²) in [4.78, 5) is 16.6. The number of rotatable bonds is 5. The highest BCUT2D eigenvalue weighted by atomic mass is 16.2. The van der Waals surface area contributed by atoms with E-state index in [1.54, 1.807) is 6.92 Å². The minimum Gasteiger partial charge on any atom is -0.336 e. The van der Waals surface area contributed by atoms with Gasteiger partial charge >= 0.3 is 0 Å². The van der Waals surface area contributed by atoms with Crippen molar-refractivity contribution in [2.45, 2.75) is 51.5 Å². The van der Waals surface area contributed by atoms with Crippen molar-refractivity contribution in [1.29, 1.82) is 0 Å². The fraction of sp³-hybridized carbons (Fsp3) is 0.571. The Morgan fingerprint density at radius 1 is 1.17 bits per heavy atom. The van der Waals surface area contributed by atoms with Gasteiger partial charge in [-0.15, -0.1) is 0 Å². The highest BCUT2D eigenvalue weighted by Crippen LogP contribution is 2.26. The molecular formula is C21H30N2O. The fourth-order valence-corrected chi connectivity index (χ4v) is 4.11. The Kier molecular flexibility index (Phi) is 6.08. The molecule has 3 rings (SSSR count). The monoisotopic (exact) mass is 326 g/mol. The lowest BCUT2D eigenvalue weighted by Gasteiger charge is -2.40. The second-order valence-corrected chi connectivity index (χ2v) is 7.16. The summed E-state index contributed by atoms with van der Waals surface area (Å²) >= 11 is 0. The maximum absolute atomic E-state index is 11.9. The van der Waals surface area contributed by atoms with Crippen molar-refractivity contribution < 1.29 is 4.79 Å². The first kappa shape index (κ1) is 17.2. The van der Waals surface area contributed by atoms with Crippen molar-refractivity contribution >= 4 is 5.91 Å². The molecular weight excluding hydrogens is 296 g/mol. The van der Waals surface area contributed by atoms with Crippen LogP contribution in [0.5, 0.6) is 0 Å². The van der Waals surface area contributed by atoms with E-state index in [2.05, 4.69) is 46.2 Å². The van der Waals surface area contributed by atoms with E-state index in [1.807, 2.05) is 0 Å². The second kappa shape index (κ2) is 8.48. The quantitative estimate of drug-likeness (QED) is 0.771. The van der Waals surface area contributed by atoms with E-state index in [4.69, 9.17) is 0 Å². The molecule has 0 aliphatic carbocycles. The Morgan fingerprint density at radius 3 is 2.79 bits per heavy atom. The predicted molar refractivity (Wildman–Crippen MR) is 98.9 cm³/mol. The highest BCUT2D eigenvalue weighted by molar-refractivity contribution is 5.74. The number of hydrogen-bond acceptors (Lipinski definition) is 2. The van der Waals surface area contributed by atoms with Gasteiger partial charge in [0.05, 0.1) is 6.04 Å². The molecule has 24 heavy (non-hydrogen) atoms. The zero-order valence-corrected chi connectivity index (χ0v) is 14.9. The summed E-state index contributed by atoms with van der Waals surface area (Å²) in [5, 5.41) is 0. The molecule has 1 fully saturated rings. The number of carbonyl (C=O) groups is 1. The van der Waals surface area contributed by atoms with Crippen LogP contribution in [-0.2, 0) is 11.2 Å². The van der Waals surface area contributed by atoms with Crippen LogP contribution in [0.2, 0.25) is 0 Å². The number of hydrogen-bond donors (Lipinski definition) is 0. The molecule has 1 saturated heterocycles. The number of carbonyl (C=O) groups excluding carboxylic acids is 1. The number of nitrogens with zero attached hydrogens (tertiary/aromatic N) is 2. The predicted octanol–water partition coefficient (Wildman–Crippen LogP) is 3.65. The van der Waals surface area contributed by atoms with Gasteiger partial charge in [0, 0.05) is 26.6 Å². The van der Waals surface area contributed by atoms with Crippen molar-refractivity contribution in [2.24, 2.45) is 0 Å². The lowest BCUT2D eigenvalue weighted by atomic mass is 9.92. The number of aryl methyl sites for hydroxylation is 1. The van der Waals surface area contributed by atoms with Crippen LogP contribution in [0.4, 0.5) is 0 Å². The van der Waals surface area contributed by atoms with E-state index in [0.717, 1.165) is 51.9 Å². The van der Waals surface area contributed by atoms with E-state index in [-0.39, 0.29) is 5.91 Å². The van der Waals surface area contributed by atoms with Crippen LogP contribution in [0.15, 0.2) is 42.0 Å². The van der Waals surface area contributed by atoms with Crippen LogP contribution in [0, 0.1) is 0 Å². The molecule has 0 bridgehead atoms. The van der Waals surface area contributed by atoms with Crippen LogP contribution in [0.1, 0.15) is 44.6 Å². The Hall–Kier alpha value is -1.61. The zero-order valence-electron chi connectivity index (χ0n) is 14.9. The maximum Gasteiger partial charge on any atom is 0.219 e.